The van der Waals surface area contributed by atoms with Crippen LogP contribution in [0.4, 0.5) is 0 Å². The minimum atomic E-state index is -0.529. The Morgan fingerprint density at radius 2 is 1.71 bits per heavy atom. The molecule has 0 radical (unpaired) electrons. The molecule has 0 N–H and O–H groups in total. The van der Waals surface area contributed by atoms with Crippen molar-refractivity contribution in [2.45, 2.75) is 84.2 Å². The van der Waals surface area contributed by atoms with Gasteiger partial charge in [0.2, 0.25) is 0 Å². The Labute approximate surface area is 170 Å². The molecule has 0 saturated heterocycles. The molecule has 0 spiro atoms. The number of hydrogen-bond acceptors (Lipinski definition) is 4. The number of carbonyl (C=O) groups excluding carboxylic acids is 2. The molecule has 0 amide bonds. The Kier molecular flexibility index (Phi) is 8.09. The maximum atomic E-state index is 12.8. The molecule has 1 aromatic carbocycles. The molecule has 156 valence electrons. The predicted octanol–water partition coefficient (Wildman–Crippen LogP) is 5.69. The average molecular weight is 389 g/mol. The van der Waals surface area contributed by atoms with Crippen molar-refractivity contribution >= 4 is 11.8 Å². The van der Waals surface area contributed by atoms with Crippen LogP contribution in [-0.4, -0.2) is 24.5 Å². The summed E-state index contributed by atoms with van der Waals surface area (Å²) in [5, 5.41) is 0. The normalized spacial score (nSPS) is 21.2. The molecule has 0 heterocycles. The number of benzene rings is 1. The quantitative estimate of drug-likeness (QED) is 0.361. The molecule has 0 aliphatic heterocycles. The van der Waals surface area contributed by atoms with Crippen LogP contribution in [0.15, 0.2) is 24.3 Å². The number of hydrogen-bond donors (Lipinski definition) is 0. The van der Waals surface area contributed by atoms with Crippen molar-refractivity contribution in [1.29, 1.82) is 0 Å². The van der Waals surface area contributed by atoms with Gasteiger partial charge >= 0.3 is 5.97 Å². The van der Waals surface area contributed by atoms with Gasteiger partial charge < -0.3 is 9.47 Å². The third-order valence-electron chi connectivity index (χ3n) is 5.37. The number of ketones is 1. The van der Waals surface area contributed by atoms with Crippen molar-refractivity contribution in [3.63, 3.8) is 0 Å². The third kappa shape index (κ3) is 6.35. The molecular weight excluding hydrogens is 352 g/mol. The predicted molar refractivity (Wildman–Crippen MR) is 112 cm³/mol. The Morgan fingerprint density at radius 3 is 2.36 bits per heavy atom. The molecule has 1 saturated carbocycles. The summed E-state index contributed by atoms with van der Waals surface area (Å²) >= 11 is 0. The number of esters is 1. The first-order valence-corrected chi connectivity index (χ1v) is 10.7. The lowest BCUT2D eigenvalue weighted by Gasteiger charge is -2.19. The number of para-hydroxylation sites is 1. The molecule has 28 heavy (non-hydrogen) atoms. The molecule has 1 aliphatic rings. The van der Waals surface area contributed by atoms with Crippen molar-refractivity contribution in [2.75, 3.05) is 7.11 Å². The van der Waals surface area contributed by atoms with Gasteiger partial charge in [-0.15, -0.1) is 0 Å². The van der Waals surface area contributed by atoms with Crippen LogP contribution in [0.25, 0.3) is 0 Å². The standard InChI is InChI=1S/C24H36O4/c1-6-7-8-9-10-13-17(25)16-19-21(18-14-11-12-15-20(18)27-5)22(19)23(26)28-24(2,3)4/h11-12,14-15,19,21-22H,6-10,13,16H2,1-5H3/t19-,21-,22+/m1/s1. The van der Waals surface area contributed by atoms with Gasteiger partial charge in [-0.25, -0.2) is 0 Å². The molecule has 0 bridgehead atoms. The van der Waals surface area contributed by atoms with Gasteiger partial charge in [0.15, 0.2) is 0 Å². The fourth-order valence-corrected chi connectivity index (χ4v) is 3.98. The van der Waals surface area contributed by atoms with Gasteiger partial charge in [-0.05, 0) is 44.7 Å². The number of rotatable bonds is 11. The van der Waals surface area contributed by atoms with Gasteiger partial charge in [0.05, 0.1) is 13.0 Å². The van der Waals surface area contributed by atoms with Crippen LogP contribution in [0.5, 0.6) is 5.75 Å². The van der Waals surface area contributed by atoms with E-state index in [1.165, 1.54) is 19.3 Å². The molecule has 4 nitrogen and oxygen atoms in total. The molecule has 2 rings (SSSR count). The largest absolute Gasteiger partial charge is 0.496 e. The van der Waals surface area contributed by atoms with Crippen molar-refractivity contribution in [2.24, 2.45) is 11.8 Å². The fourth-order valence-electron chi connectivity index (χ4n) is 3.98. The van der Waals surface area contributed by atoms with Gasteiger partial charge in [0.1, 0.15) is 17.1 Å². The molecule has 3 atom stereocenters. The van der Waals surface area contributed by atoms with E-state index in [2.05, 4.69) is 6.92 Å². The van der Waals surface area contributed by atoms with Gasteiger partial charge in [-0.2, -0.15) is 0 Å². The number of carbonyl (C=O) groups is 2. The zero-order valence-electron chi connectivity index (χ0n) is 18.1. The molecule has 1 aliphatic carbocycles. The molecule has 4 heteroatoms. The lowest BCUT2D eigenvalue weighted by atomic mass is 10.0. The summed E-state index contributed by atoms with van der Waals surface area (Å²) in [5.41, 5.74) is 0.473. The molecule has 0 unspecified atom stereocenters. The zero-order chi connectivity index (χ0) is 20.7. The van der Waals surface area contributed by atoms with E-state index in [4.69, 9.17) is 9.47 Å². The second-order valence-corrected chi connectivity index (χ2v) is 8.90. The van der Waals surface area contributed by atoms with E-state index in [0.717, 1.165) is 24.2 Å². The summed E-state index contributed by atoms with van der Waals surface area (Å²) in [7, 11) is 1.64. The zero-order valence-corrected chi connectivity index (χ0v) is 18.1. The van der Waals surface area contributed by atoms with E-state index >= 15 is 0 Å². The fraction of sp³-hybridized carbons (Fsp3) is 0.667. The van der Waals surface area contributed by atoms with E-state index < -0.39 is 5.60 Å². The number of Topliss-reactive ketones (excluding diaryl/α,β-unsaturated/α-hetero) is 1. The first-order chi connectivity index (χ1) is 13.3. The lowest BCUT2D eigenvalue weighted by Crippen LogP contribution is -2.25. The van der Waals surface area contributed by atoms with Crippen molar-refractivity contribution in [3.05, 3.63) is 29.8 Å². The number of methoxy groups -OCH3 is 1. The topological polar surface area (TPSA) is 52.6 Å². The maximum absolute atomic E-state index is 12.8. The van der Waals surface area contributed by atoms with Crippen molar-refractivity contribution < 1.29 is 19.1 Å². The maximum Gasteiger partial charge on any atom is 0.310 e. The molecule has 0 aromatic heterocycles. The summed E-state index contributed by atoms with van der Waals surface area (Å²) in [4.78, 5) is 25.3. The minimum Gasteiger partial charge on any atom is -0.496 e. The van der Waals surface area contributed by atoms with Gasteiger partial charge in [-0.3, -0.25) is 9.59 Å². The highest BCUT2D eigenvalue weighted by atomic mass is 16.6. The highest BCUT2D eigenvalue weighted by Crippen LogP contribution is 2.58. The van der Waals surface area contributed by atoms with E-state index in [0.29, 0.717) is 12.8 Å². The number of unbranched alkanes of at least 4 members (excludes halogenated alkanes) is 4. The Hall–Kier alpha value is -1.84. The van der Waals surface area contributed by atoms with Crippen LogP contribution in [-0.2, 0) is 14.3 Å². The summed E-state index contributed by atoms with van der Waals surface area (Å²) < 4.78 is 11.1. The van der Waals surface area contributed by atoms with Crippen molar-refractivity contribution in [3.8, 4) is 5.75 Å². The van der Waals surface area contributed by atoms with Crippen LogP contribution in [0, 0.1) is 11.8 Å². The SMILES string of the molecule is CCCCCCCC(=O)C[C@H]1[C@H](C(=O)OC(C)(C)C)[C@@H]1c1ccccc1OC. The minimum absolute atomic E-state index is 0.00459. The average Bonchev–Trinajstić information content (AvgIpc) is 3.33. The second kappa shape index (κ2) is 10.1. The highest BCUT2D eigenvalue weighted by Gasteiger charge is 2.58. The Bertz CT molecular complexity index is 659. The van der Waals surface area contributed by atoms with Crippen LogP contribution < -0.4 is 4.74 Å². The van der Waals surface area contributed by atoms with E-state index in [1.54, 1.807) is 7.11 Å². The second-order valence-electron chi connectivity index (χ2n) is 8.90. The van der Waals surface area contributed by atoms with Gasteiger partial charge in [-0.1, -0.05) is 50.8 Å². The Morgan fingerprint density at radius 1 is 1.04 bits per heavy atom. The van der Waals surface area contributed by atoms with Crippen LogP contribution >= 0.6 is 0 Å². The smallest absolute Gasteiger partial charge is 0.310 e. The highest BCUT2D eigenvalue weighted by molar-refractivity contribution is 5.84. The van der Waals surface area contributed by atoms with Crippen LogP contribution in [0.3, 0.4) is 0 Å². The van der Waals surface area contributed by atoms with Gasteiger partial charge in [0.25, 0.3) is 0 Å². The van der Waals surface area contributed by atoms with E-state index in [1.807, 2.05) is 45.0 Å². The van der Waals surface area contributed by atoms with Crippen LogP contribution in [0.1, 0.15) is 84.1 Å². The first-order valence-electron chi connectivity index (χ1n) is 10.7. The lowest BCUT2D eigenvalue weighted by molar-refractivity contribution is -0.157. The monoisotopic (exact) mass is 388 g/mol. The molecular formula is C24H36O4. The summed E-state index contributed by atoms with van der Waals surface area (Å²) in [6.07, 6.45) is 6.73. The van der Waals surface area contributed by atoms with Crippen LogP contribution in [0.2, 0.25) is 0 Å². The molecule has 1 fully saturated rings. The summed E-state index contributed by atoms with van der Waals surface area (Å²) in [6.45, 7) is 7.82. The third-order valence-corrected chi connectivity index (χ3v) is 5.37. The van der Waals surface area contributed by atoms with Crippen molar-refractivity contribution in [1.82, 2.24) is 0 Å². The summed E-state index contributed by atoms with van der Waals surface area (Å²) in [6, 6.07) is 7.78. The van der Waals surface area contributed by atoms with E-state index in [-0.39, 0.29) is 29.5 Å². The summed E-state index contributed by atoms with van der Waals surface area (Å²) in [5.74, 6) is 0.566. The Balaban J connectivity index is 2.04. The first kappa shape index (κ1) is 22.4. The number of ether oxygens (including phenoxy) is 2. The van der Waals surface area contributed by atoms with E-state index in [9.17, 15) is 9.59 Å². The molecule has 1 aromatic rings. The van der Waals surface area contributed by atoms with Gasteiger partial charge in [0, 0.05) is 18.8 Å².